The summed E-state index contributed by atoms with van der Waals surface area (Å²) in [4.78, 5) is 0.656. The quantitative estimate of drug-likeness (QED) is 0.104. The molecule has 5 aromatic rings. The molecule has 5 aromatic carbocycles. The van der Waals surface area contributed by atoms with Crippen molar-refractivity contribution in [1.29, 1.82) is 0 Å². The standard InChI is InChI=1S/C41H39ClN2O7S2.H2O/c1-25(2)24-44-36-22-26(3)21-27(4)38(36)40(41(44)29-7-11-30(42)12-8-29)39(35-20-19-34(52(45,46)47)23-37(35)53(48,49)50)28-9-13-31(14-10-28)43(5)32-15-17-33(51-6)18-16-32;/h7-23,25H,24H2,1-6H3,(H-,45,46,47,48,49,50);1H2. The summed E-state index contributed by atoms with van der Waals surface area (Å²) in [5, 5.41) is 0.545. The van der Waals surface area contributed by atoms with Crippen molar-refractivity contribution in [3.05, 3.63) is 142 Å². The highest BCUT2D eigenvalue weighted by molar-refractivity contribution is 7.86. The summed E-state index contributed by atoms with van der Waals surface area (Å²) in [5.41, 5.74) is 8.86. The largest absolute Gasteiger partial charge is 0.870 e. The Morgan fingerprint density at radius 3 is 1.94 bits per heavy atom. The van der Waals surface area contributed by atoms with Gasteiger partial charge in [0, 0.05) is 52.1 Å². The molecule has 0 amide bonds. The van der Waals surface area contributed by atoms with E-state index in [-0.39, 0.29) is 17.0 Å². The van der Waals surface area contributed by atoms with Crippen LogP contribution in [-0.2, 0) is 20.2 Å². The Hall–Kier alpha value is -4.82. The number of aryl methyl sites for hydroxylation is 2. The minimum Gasteiger partial charge on any atom is -0.870 e. The van der Waals surface area contributed by atoms with Gasteiger partial charge in [0.05, 0.1) is 23.1 Å². The van der Waals surface area contributed by atoms with E-state index >= 15 is 0 Å². The van der Waals surface area contributed by atoms with E-state index in [4.69, 9.17) is 16.3 Å². The van der Waals surface area contributed by atoms with E-state index < -0.39 is 30.0 Å². The van der Waals surface area contributed by atoms with Crippen LogP contribution in [-0.4, -0.2) is 62.4 Å². The van der Waals surface area contributed by atoms with Crippen LogP contribution < -0.4 is 9.64 Å². The van der Waals surface area contributed by atoms with E-state index in [1.54, 1.807) is 19.2 Å². The Labute approximate surface area is 321 Å². The molecule has 3 N–H and O–H groups in total. The number of methoxy groups -OCH3 is 1. The molecule has 0 spiro atoms. The van der Waals surface area contributed by atoms with Crippen LogP contribution in [0.4, 0.5) is 17.1 Å². The Kier molecular flexibility index (Phi) is 11.6. The lowest BCUT2D eigenvalue weighted by molar-refractivity contribution is -0.443. The highest BCUT2D eigenvalue weighted by atomic mass is 35.5. The molecule has 13 heteroatoms. The Balaban J connectivity index is 0.00000561. The zero-order chi connectivity index (χ0) is 38.4. The van der Waals surface area contributed by atoms with Crippen molar-refractivity contribution >= 4 is 65.8 Å². The average Bonchev–Trinajstić information content (AvgIpc) is 3.40. The van der Waals surface area contributed by atoms with Crippen LogP contribution in [0.1, 0.15) is 47.2 Å². The third-order valence-corrected chi connectivity index (χ3v) is 11.2. The predicted molar refractivity (Wildman–Crippen MR) is 213 cm³/mol. The minimum absolute atomic E-state index is 0. The Morgan fingerprint density at radius 2 is 1.41 bits per heavy atom. The van der Waals surface area contributed by atoms with Crippen LogP contribution in [0.5, 0.6) is 5.75 Å². The molecule has 0 saturated heterocycles. The van der Waals surface area contributed by atoms with Crippen LogP contribution >= 0.6 is 11.6 Å². The van der Waals surface area contributed by atoms with Gasteiger partial charge in [-0.25, -0.2) is 0 Å². The second kappa shape index (κ2) is 15.5. The zero-order valence-corrected chi connectivity index (χ0v) is 33.0. The molecule has 1 aliphatic heterocycles. The predicted octanol–water partition coefficient (Wildman–Crippen LogP) is 8.81. The maximum atomic E-state index is 13.2. The normalized spacial score (nSPS) is 13.8. The number of hydrogen-bond donors (Lipinski definition) is 2. The van der Waals surface area contributed by atoms with E-state index in [1.165, 1.54) is 6.07 Å². The molecule has 0 bridgehead atoms. The molecule has 0 fully saturated rings. The highest BCUT2D eigenvalue weighted by Crippen LogP contribution is 2.47. The first-order valence-electron chi connectivity index (χ1n) is 16.8. The Morgan fingerprint density at radius 1 is 0.815 bits per heavy atom. The topological polar surface area (TPSA) is 154 Å². The summed E-state index contributed by atoms with van der Waals surface area (Å²) >= 11 is 6.38. The van der Waals surface area contributed by atoms with Crippen LogP contribution in [0, 0.1) is 19.8 Å². The van der Waals surface area contributed by atoms with Crippen LogP contribution in [0.2, 0.25) is 5.02 Å². The van der Waals surface area contributed by atoms with E-state index in [0.29, 0.717) is 28.3 Å². The van der Waals surface area contributed by atoms with E-state index in [9.17, 15) is 25.9 Å². The first-order valence-corrected chi connectivity index (χ1v) is 20.1. The number of anilines is 2. The number of allylic oxidation sites excluding steroid dienone is 1. The number of hydrogen-bond acceptors (Lipinski definition) is 7. The first-order chi connectivity index (χ1) is 25.0. The van der Waals surface area contributed by atoms with Gasteiger partial charge in [-0.15, -0.1) is 0 Å². The summed E-state index contributed by atoms with van der Waals surface area (Å²) in [5.74, 6) is 0.939. The van der Waals surface area contributed by atoms with E-state index in [1.807, 2.05) is 86.5 Å². The molecule has 1 aliphatic rings. The number of halogens is 1. The second-order valence-electron chi connectivity index (χ2n) is 13.5. The maximum Gasteiger partial charge on any atom is 0.295 e. The molecule has 282 valence electrons. The summed E-state index contributed by atoms with van der Waals surface area (Å²) < 4.78 is 79.0. The second-order valence-corrected chi connectivity index (χ2v) is 16.7. The van der Waals surface area contributed by atoms with Gasteiger partial charge in [0.15, 0.2) is 6.54 Å². The van der Waals surface area contributed by atoms with Crippen molar-refractivity contribution in [3.8, 4) is 5.75 Å². The Bertz CT molecular complexity index is 2510. The molecule has 0 radical (unpaired) electrons. The number of ether oxygens (including phenoxy) is 1. The SMILES string of the molecule is COc1ccc(N(C)c2ccc(C(=C3C(c4ccc(Cl)cc4)=[N+](CC(C)C)c4cc(C)cc(C)c43)c3ccc(S(=O)(=O)O)cc3S(=O)(=O)O)cc2)cc1.[OH-]. The van der Waals surface area contributed by atoms with E-state index in [0.717, 1.165) is 62.9 Å². The van der Waals surface area contributed by atoms with Crippen molar-refractivity contribution in [2.45, 2.75) is 37.5 Å². The van der Waals surface area contributed by atoms with Gasteiger partial charge in [0.1, 0.15) is 10.6 Å². The fourth-order valence-electron chi connectivity index (χ4n) is 6.89. The smallest absolute Gasteiger partial charge is 0.295 e. The zero-order valence-electron chi connectivity index (χ0n) is 30.6. The van der Waals surface area contributed by atoms with Gasteiger partial charge >= 0.3 is 0 Å². The minimum atomic E-state index is -5.05. The van der Waals surface area contributed by atoms with Crippen LogP contribution in [0.15, 0.2) is 113 Å². The number of nitrogens with zero attached hydrogens (tertiary/aromatic N) is 2. The number of rotatable bonds is 10. The fraction of sp³-hybridized carbons (Fsp3) is 0.195. The highest BCUT2D eigenvalue weighted by Gasteiger charge is 2.41. The van der Waals surface area contributed by atoms with Crippen molar-refractivity contribution in [1.82, 2.24) is 0 Å². The van der Waals surface area contributed by atoms with Crippen molar-refractivity contribution < 1.29 is 40.7 Å². The van der Waals surface area contributed by atoms with Gasteiger partial charge in [-0.3, -0.25) is 9.11 Å². The summed E-state index contributed by atoms with van der Waals surface area (Å²) in [6, 6.07) is 30.0. The number of benzene rings is 5. The van der Waals surface area contributed by atoms with Crippen LogP contribution in [0.3, 0.4) is 0 Å². The first kappa shape index (κ1) is 40.4. The van der Waals surface area contributed by atoms with Gasteiger partial charge < -0.3 is 15.1 Å². The summed E-state index contributed by atoms with van der Waals surface area (Å²) in [7, 11) is -6.34. The lowest BCUT2D eigenvalue weighted by atomic mass is 9.84. The molecular formula is C41H41ClN2O8S2. The van der Waals surface area contributed by atoms with Gasteiger partial charge in [0.25, 0.3) is 20.2 Å². The fourth-order valence-corrected chi connectivity index (χ4v) is 8.32. The van der Waals surface area contributed by atoms with Crippen molar-refractivity contribution in [2.24, 2.45) is 5.92 Å². The molecule has 10 nitrogen and oxygen atoms in total. The van der Waals surface area contributed by atoms with Crippen molar-refractivity contribution in [2.75, 3.05) is 25.6 Å². The summed E-state index contributed by atoms with van der Waals surface area (Å²) in [6.07, 6.45) is 0. The van der Waals surface area contributed by atoms with Gasteiger partial charge in [-0.2, -0.15) is 21.4 Å². The molecule has 0 aliphatic carbocycles. The molecule has 0 unspecified atom stereocenters. The third kappa shape index (κ3) is 8.00. The maximum absolute atomic E-state index is 13.2. The van der Waals surface area contributed by atoms with Crippen LogP contribution in [0.25, 0.3) is 11.1 Å². The van der Waals surface area contributed by atoms with Gasteiger partial charge in [-0.05, 0) is 103 Å². The molecule has 0 aromatic heterocycles. The molecule has 0 atom stereocenters. The lowest BCUT2D eigenvalue weighted by Gasteiger charge is -2.21. The lowest BCUT2D eigenvalue weighted by Crippen LogP contribution is -2.19. The van der Waals surface area contributed by atoms with Gasteiger partial charge in [0.2, 0.25) is 11.4 Å². The monoisotopic (exact) mass is 788 g/mol. The van der Waals surface area contributed by atoms with E-state index in [2.05, 4.69) is 30.6 Å². The summed E-state index contributed by atoms with van der Waals surface area (Å²) in [6.45, 7) is 8.87. The molecule has 1 heterocycles. The molecule has 54 heavy (non-hydrogen) atoms. The molecule has 0 saturated carbocycles. The number of fused-ring (bicyclic) bond motifs is 1. The average molecular weight is 789 g/mol. The van der Waals surface area contributed by atoms with Crippen molar-refractivity contribution in [3.63, 3.8) is 0 Å². The molecule has 6 rings (SSSR count). The molecular weight excluding hydrogens is 748 g/mol. The third-order valence-electron chi connectivity index (χ3n) is 9.22. The van der Waals surface area contributed by atoms with Gasteiger partial charge in [-0.1, -0.05) is 49.7 Å².